The molecule has 0 spiro atoms. The highest BCUT2D eigenvalue weighted by molar-refractivity contribution is 5.89. The lowest BCUT2D eigenvalue weighted by Gasteiger charge is -2.07. The van der Waals surface area contributed by atoms with E-state index in [0.717, 1.165) is 12.8 Å². The van der Waals surface area contributed by atoms with Crippen LogP contribution in [0.3, 0.4) is 0 Å². The molecule has 1 aliphatic rings. The monoisotopic (exact) mass is 230 g/mol. The first-order valence-corrected chi connectivity index (χ1v) is 5.00. The maximum absolute atomic E-state index is 11.9. The van der Waals surface area contributed by atoms with Crippen LogP contribution in [-0.2, 0) is 4.74 Å². The molecule has 1 aliphatic carbocycles. The van der Waals surface area contributed by atoms with Gasteiger partial charge in [0, 0.05) is 12.2 Å². The van der Waals surface area contributed by atoms with E-state index < -0.39 is 19.0 Å². The van der Waals surface area contributed by atoms with Crippen molar-refractivity contribution in [2.24, 2.45) is 0 Å². The summed E-state index contributed by atoms with van der Waals surface area (Å²) in [5, 5.41) is 0. The van der Waals surface area contributed by atoms with Gasteiger partial charge in [-0.15, -0.1) is 0 Å². The molecular weight excluding hydrogens is 218 g/mol. The van der Waals surface area contributed by atoms with Crippen LogP contribution < -0.4 is 5.73 Å². The smallest absolute Gasteiger partial charge is 0.355 e. The molecule has 1 aromatic rings. The maximum atomic E-state index is 11.9. The van der Waals surface area contributed by atoms with Crippen molar-refractivity contribution in [3.05, 3.63) is 18.0 Å². The first-order valence-electron chi connectivity index (χ1n) is 5.00. The van der Waals surface area contributed by atoms with Gasteiger partial charge in [-0.05, 0) is 18.9 Å². The van der Waals surface area contributed by atoms with E-state index in [1.165, 1.54) is 6.07 Å². The molecule has 4 nitrogen and oxygen atoms in total. The molecule has 1 aromatic heterocycles. The first-order chi connectivity index (χ1) is 7.58. The highest BCUT2D eigenvalue weighted by atomic mass is 19.3. The fraction of sp³-hybridized carbons (Fsp3) is 0.500. The second-order valence-corrected chi connectivity index (χ2v) is 3.79. The highest BCUT2D eigenvalue weighted by Crippen LogP contribution is 2.37. The van der Waals surface area contributed by atoms with Crippen LogP contribution in [0.25, 0.3) is 0 Å². The fourth-order valence-electron chi connectivity index (χ4n) is 1.53. The lowest BCUT2D eigenvalue weighted by Crippen LogP contribution is -2.15. The predicted molar refractivity (Wildman–Crippen MR) is 53.4 cm³/mol. The van der Waals surface area contributed by atoms with Gasteiger partial charge < -0.3 is 15.0 Å². The summed E-state index contributed by atoms with van der Waals surface area (Å²) in [6.07, 6.45) is 0.939. The number of hydrogen-bond acceptors (Lipinski definition) is 3. The van der Waals surface area contributed by atoms with Crippen molar-refractivity contribution in [2.45, 2.75) is 25.3 Å². The van der Waals surface area contributed by atoms with E-state index in [1.807, 2.05) is 0 Å². The van der Waals surface area contributed by atoms with Gasteiger partial charge in [0.25, 0.3) is 6.43 Å². The van der Waals surface area contributed by atoms with E-state index in [4.69, 9.17) is 5.73 Å². The van der Waals surface area contributed by atoms with Gasteiger partial charge in [0.2, 0.25) is 0 Å². The Hall–Kier alpha value is -1.59. The zero-order chi connectivity index (χ0) is 11.7. The number of alkyl halides is 2. The maximum Gasteiger partial charge on any atom is 0.355 e. The van der Waals surface area contributed by atoms with Crippen molar-refractivity contribution in [1.29, 1.82) is 0 Å². The summed E-state index contributed by atoms with van der Waals surface area (Å²) in [4.78, 5) is 11.5. The van der Waals surface area contributed by atoms with E-state index in [9.17, 15) is 13.6 Å². The van der Waals surface area contributed by atoms with Crippen LogP contribution in [0, 0.1) is 0 Å². The van der Waals surface area contributed by atoms with Crippen LogP contribution in [0.15, 0.2) is 12.3 Å². The number of ether oxygens (including phenoxy) is 1. The van der Waals surface area contributed by atoms with Gasteiger partial charge in [0.05, 0.1) is 5.69 Å². The molecule has 1 fully saturated rings. The third-order valence-electron chi connectivity index (χ3n) is 2.36. The Labute approximate surface area is 91.0 Å². The molecule has 0 radical (unpaired) electrons. The van der Waals surface area contributed by atoms with Gasteiger partial charge in [-0.3, -0.25) is 0 Å². The number of nitrogen functional groups attached to an aromatic ring is 1. The molecule has 0 aromatic carbocycles. The number of carbonyl (C=O) groups excluding carboxylic acids is 1. The average Bonchev–Trinajstić information content (AvgIpc) is 2.98. The Morgan fingerprint density at radius 3 is 2.88 bits per heavy atom. The average molecular weight is 230 g/mol. The number of aromatic nitrogens is 1. The summed E-state index contributed by atoms with van der Waals surface area (Å²) in [5.41, 5.74) is 6.25. The molecule has 0 atom stereocenters. The number of anilines is 1. The minimum atomic E-state index is -2.65. The van der Waals surface area contributed by atoms with Crippen LogP contribution in [0.5, 0.6) is 0 Å². The van der Waals surface area contributed by atoms with Crippen molar-refractivity contribution >= 4 is 11.7 Å². The molecule has 2 N–H and O–H groups in total. The molecule has 0 unspecified atom stereocenters. The molecule has 1 saturated carbocycles. The largest absolute Gasteiger partial charge is 0.455 e. The zero-order valence-corrected chi connectivity index (χ0v) is 8.53. The number of halogens is 2. The topological polar surface area (TPSA) is 57.3 Å². The van der Waals surface area contributed by atoms with E-state index in [1.54, 1.807) is 10.8 Å². The Morgan fingerprint density at radius 1 is 1.62 bits per heavy atom. The van der Waals surface area contributed by atoms with Crippen molar-refractivity contribution in [3.8, 4) is 0 Å². The molecule has 2 rings (SSSR count). The summed E-state index contributed by atoms with van der Waals surface area (Å²) in [7, 11) is 0. The predicted octanol–water partition coefficient (Wildman–Crippen LogP) is 1.83. The highest BCUT2D eigenvalue weighted by Gasteiger charge is 2.28. The van der Waals surface area contributed by atoms with Gasteiger partial charge >= 0.3 is 5.97 Å². The number of nitrogens with two attached hydrogens (primary N) is 1. The number of nitrogens with zero attached hydrogens (tertiary/aromatic N) is 1. The van der Waals surface area contributed by atoms with Gasteiger partial charge in [-0.2, -0.15) is 0 Å². The van der Waals surface area contributed by atoms with Gasteiger partial charge in [0.1, 0.15) is 5.69 Å². The Bertz CT molecular complexity index is 400. The van der Waals surface area contributed by atoms with Gasteiger partial charge in [-0.1, -0.05) is 0 Å². The Kier molecular flexibility index (Phi) is 2.80. The molecule has 88 valence electrons. The molecule has 0 saturated heterocycles. The van der Waals surface area contributed by atoms with E-state index >= 15 is 0 Å². The first kappa shape index (κ1) is 10.9. The third kappa shape index (κ3) is 2.32. The van der Waals surface area contributed by atoms with Crippen LogP contribution in [-0.4, -0.2) is 23.6 Å². The van der Waals surface area contributed by atoms with Crippen molar-refractivity contribution < 1.29 is 18.3 Å². The van der Waals surface area contributed by atoms with Crippen LogP contribution in [0.4, 0.5) is 14.5 Å². The standard InChI is InChI=1S/C10H12F2N2O2/c11-9(12)5-16-10(15)8-3-6(13)4-14(8)7-1-2-7/h3-4,7,9H,1-2,5,13H2. The molecule has 0 amide bonds. The van der Waals surface area contributed by atoms with Crippen LogP contribution in [0.1, 0.15) is 29.4 Å². The van der Waals surface area contributed by atoms with Gasteiger partial charge in [-0.25, -0.2) is 13.6 Å². The van der Waals surface area contributed by atoms with Crippen LogP contribution in [0.2, 0.25) is 0 Å². The second kappa shape index (κ2) is 4.11. The summed E-state index contributed by atoms with van der Waals surface area (Å²) < 4.78 is 29.9. The lowest BCUT2D eigenvalue weighted by atomic mass is 10.4. The van der Waals surface area contributed by atoms with Crippen molar-refractivity contribution in [1.82, 2.24) is 4.57 Å². The minimum absolute atomic E-state index is 0.251. The summed E-state index contributed by atoms with van der Waals surface area (Å²) in [5.74, 6) is -0.746. The third-order valence-corrected chi connectivity index (χ3v) is 2.36. The number of carbonyl (C=O) groups is 1. The Morgan fingerprint density at radius 2 is 2.31 bits per heavy atom. The molecule has 1 heterocycles. The fourth-order valence-corrected chi connectivity index (χ4v) is 1.53. The second-order valence-electron chi connectivity index (χ2n) is 3.79. The minimum Gasteiger partial charge on any atom is -0.455 e. The number of esters is 1. The Balaban J connectivity index is 2.09. The SMILES string of the molecule is Nc1cc(C(=O)OCC(F)F)n(C2CC2)c1. The van der Waals surface area contributed by atoms with Crippen molar-refractivity contribution in [2.75, 3.05) is 12.3 Å². The molecule has 6 heteroatoms. The number of rotatable bonds is 4. The quantitative estimate of drug-likeness (QED) is 0.803. The zero-order valence-electron chi connectivity index (χ0n) is 8.53. The molecule has 0 aliphatic heterocycles. The number of hydrogen-bond donors (Lipinski definition) is 1. The normalized spacial score (nSPS) is 15.4. The van der Waals surface area contributed by atoms with E-state index in [-0.39, 0.29) is 11.7 Å². The van der Waals surface area contributed by atoms with E-state index in [2.05, 4.69) is 4.74 Å². The summed E-state index contributed by atoms with van der Waals surface area (Å²) >= 11 is 0. The van der Waals surface area contributed by atoms with Crippen molar-refractivity contribution in [3.63, 3.8) is 0 Å². The van der Waals surface area contributed by atoms with E-state index in [0.29, 0.717) is 5.69 Å². The van der Waals surface area contributed by atoms with Crippen LogP contribution >= 0.6 is 0 Å². The molecule has 0 bridgehead atoms. The summed E-state index contributed by atoms with van der Waals surface area (Å²) in [6, 6.07) is 1.71. The molecular formula is C10H12F2N2O2. The summed E-state index contributed by atoms with van der Waals surface area (Å²) in [6.45, 7) is -0.880. The van der Waals surface area contributed by atoms with Gasteiger partial charge in [0.15, 0.2) is 6.61 Å². The molecule has 16 heavy (non-hydrogen) atoms. The lowest BCUT2D eigenvalue weighted by molar-refractivity contribution is 0.0150.